The molecule has 1 N–H and O–H groups in total. The lowest BCUT2D eigenvalue weighted by Gasteiger charge is -2.05. The minimum Gasteiger partial charge on any atom is -0.494 e. The zero-order valence-corrected chi connectivity index (χ0v) is 14.2. The van der Waals surface area contributed by atoms with Crippen molar-refractivity contribution in [2.24, 2.45) is 0 Å². The van der Waals surface area contributed by atoms with E-state index in [1.807, 2.05) is 12.1 Å². The highest BCUT2D eigenvalue weighted by Gasteiger charge is 2.11. The number of hydrogen-bond acceptors (Lipinski definition) is 4. The lowest BCUT2D eigenvalue weighted by Crippen LogP contribution is -2.14. The van der Waals surface area contributed by atoms with Crippen molar-refractivity contribution in [3.63, 3.8) is 0 Å². The van der Waals surface area contributed by atoms with Gasteiger partial charge in [0.15, 0.2) is 16.7 Å². The molecule has 0 bridgehead atoms. The Morgan fingerprint density at radius 1 is 1.25 bits per heavy atom. The van der Waals surface area contributed by atoms with Crippen LogP contribution in [-0.4, -0.2) is 18.0 Å². The molecule has 3 aromatic rings. The smallest absolute Gasteiger partial charge is 0.230 e. The summed E-state index contributed by atoms with van der Waals surface area (Å²) >= 11 is 1.44. The molecule has 0 saturated heterocycles. The fraction of sp³-hybridized carbons (Fsp3) is 0.222. The number of nitrogens with zero attached hydrogens (tertiary/aromatic N) is 1. The van der Waals surface area contributed by atoms with E-state index in [4.69, 9.17) is 4.74 Å². The molecule has 2 aromatic carbocycles. The molecule has 4 nitrogen and oxygen atoms in total. The first kappa shape index (κ1) is 16.4. The van der Waals surface area contributed by atoms with Gasteiger partial charge in [0.2, 0.25) is 5.91 Å². The van der Waals surface area contributed by atoms with E-state index >= 15 is 0 Å². The molecule has 0 aliphatic rings. The van der Waals surface area contributed by atoms with E-state index in [0.717, 1.165) is 16.6 Å². The van der Waals surface area contributed by atoms with Crippen LogP contribution in [-0.2, 0) is 17.6 Å². The van der Waals surface area contributed by atoms with E-state index < -0.39 is 5.82 Å². The van der Waals surface area contributed by atoms with E-state index in [-0.39, 0.29) is 18.1 Å². The number of amides is 1. The first-order valence-corrected chi connectivity index (χ1v) is 8.42. The van der Waals surface area contributed by atoms with Crippen molar-refractivity contribution >= 4 is 32.6 Å². The molecule has 3 rings (SSSR count). The third-order valence-electron chi connectivity index (χ3n) is 3.69. The Balaban J connectivity index is 1.71. The molecule has 124 valence electrons. The number of ether oxygens (including phenoxy) is 1. The second kappa shape index (κ2) is 6.97. The lowest BCUT2D eigenvalue weighted by molar-refractivity contribution is -0.115. The predicted molar refractivity (Wildman–Crippen MR) is 94.3 cm³/mol. The summed E-state index contributed by atoms with van der Waals surface area (Å²) in [6.45, 7) is 2.10. The first-order chi connectivity index (χ1) is 11.6. The van der Waals surface area contributed by atoms with Gasteiger partial charge < -0.3 is 10.1 Å². The average Bonchev–Trinajstić information content (AvgIpc) is 2.95. The van der Waals surface area contributed by atoms with Gasteiger partial charge >= 0.3 is 0 Å². The van der Waals surface area contributed by atoms with Crippen LogP contribution in [0.2, 0.25) is 0 Å². The molecule has 0 atom stereocenters. The molecule has 1 amide bonds. The van der Waals surface area contributed by atoms with E-state index in [1.54, 1.807) is 6.07 Å². The summed E-state index contributed by atoms with van der Waals surface area (Å²) < 4.78 is 19.6. The fourth-order valence-electron chi connectivity index (χ4n) is 2.41. The topological polar surface area (TPSA) is 51.2 Å². The number of nitrogens with one attached hydrogen (secondary N) is 1. The fourth-order valence-corrected chi connectivity index (χ4v) is 3.36. The van der Waals surface area contributed by atoms with Crippen molar-refractivity contribution in [1.82, 2.24) is 4.98 Å². The van der Waals surface area contributed by atoms with Gasteiger partial charge in [-0.15, -0.1) is 0 Å². The summed E-state index contributed by atoms with van der Waals surface area (Å²) in [5.74, 6) is -0.540. The van der Waals surface area contributed by atoms with E-state index in [1.165, 1.54) is 36.1 Å². The quantitative estimate of drug-likeness (QED) is 0.755. The highest BCUT2D eigenvalue weighted by atomic mass is 32.1. The largest absolute Gasteiger partial charge is 0.494 e. The summed E-state index contributed by atoms with van der Waals surface area (Å²) in [7, 11) is 1.40. The molecular formula is C18H17FN2O2S. The minimum absolute atomic E-state index is 0.0804. The number of halogens is 1. The summed E-state index contributed by atoms with van der Waals surface area (Å²) in [6.07, 6.45) is 1.04. The van der Waals surface area contributed by atoms with Gasteiger partial charge in [-0.2, -0.15) is 0 Å². The number of hydrogen-bond donors (Lipinski definition) is 1. The zero-order chi connectivity index (χ0) is 17.1. The number of carbonyl (C=O) groups excluding carboxylic acids is 1. The maximum absolute atomic E-state index is 13.7. The molecule has 1 heterocycles. The Hall–Kier alpha value is -2.47. The molecule has 0 aliphatic heterocycles. The third-order valence-corrected chi connectivity index (χ3v) is 4.62. The molecule has 0 saturated carbocycles. The van der Waals surface area contributed by atoms with E-state index in [0.29, 0.717) is 10.7 Å². The Morgan fingerprint density at radius 3 is 2.75 bits per heavy atom. The van der Waals surface area contributed by atoms with Crippen molar-refractivity contribution in [1.29, 1.82) is 0 Å². The number of rotatable bonds is 5. The highest BCUT2D eigenvalue weighted by molar-refractivity contribution is 7.22. The molecule has 0 fully saturated rings. The monoisotopic (exact) mass is 344 g/mol. The zero-order valence-electron chi connectivity index (χ0n) is 13.4. The van der Waals surface area contributed by atoms with Gasteiger partial charge in [-0.05, 0) is 41.8 Å². The Labute approximate surface area is 143 Å². The standard InChI is InChI=1S/C18H17FN2O2S/c1-3-11-4-6-14-16(9-11)24-18(20-14)21-17(22)10-12-5-7-15(23-2)13(19)8-12/h4-9H,3,10H2,1-2H3,(H,20,21,22). The number of aromatic nitrogens is 1. The normalized spacial score (nSPS) is 10.8. The van der Waals surface area contributed by atoms with Crippen molar-refractivity contribution in [3.8, 4) is 5.75 Å². The van der Waals surface area contributed by atoms with Crippen LogP contribution in [0.5, 0.6) is 5.75 Å². The molecule has 6 heteroatoms. The molecule has 0 aliphatic carbocycles. The second-order valence-corrected chi connectivity index (χ2v) is 6.40. The van der Waals surface area contributed by atoms with Gasteiger partial charge in [-0.1, -0.05) is 30.4 Å². The molecule has 0 unspecified atom stereocenters. The number of thiazole rings is 1. The molecule has 0 radical (unpaired) electrons. The molecule has 24 heavy (non-hydrogen) atoms. The predicted octanol–water partition coefficient (Wildman–Crippen LogP) is 4.19. The summed E-state index contributed by atoms with van der Waals surface area (Å²) in [5, 5.41) is 3.33. The van der Waals surface area contributed by atoms with Crippen LogP contribution in [0.4, 0.5) is 9.52 Å². The maximum atomic E-state index is 13.7. The second-order valence-electron chi connectivity index (χ2n) is 5.37. The highest BCUT2D eigenvalue weighted by Crippen LogP contribution is 2.27. The van der Waals surface area contributed by atoms with Crippen molar-refractivity contribution in [2.45, 2.75) is 19.8 Å². The van der Waals surface area contributed by atoms with E-state index in [9.17, 15) is 9.18 Å². The van der Waals surface area contributed by atoms with Crippen molar-refractivity contribution in [2.75, 3.05) is 12.4 Å². The number of carbonyl (C=O) groups is 1. The average molecular weight is 344 g/mol. The Kier molecular flexibility index (Phi) is 4.76. The number of anilines is 1. The Bertz CT molecular complexity index is 892. The molecule has 0 spiro atoms. The maximum Gasteiger partial charge on any atom is 0.230 e. The van der Waals surface area contributed by atoms with Crippen molar-refractivity contribution < 1.29 is 13.9 Å². The number of fused-ring (bicyclic) bond motifs is 1. The van der Waals surface area contributed by atoms with Crippen LogP contribution in [0, 0.1) is 5.82 Å². The van der Waals surface area contributed by atoms with Crippen LogP contribution < -0.4 is 10.1 Å². The lowest BCUT2D eigenvalue weighted by atomic mass is 10.1. The van der Waals surface area contributed by atoms with E-state index in [2.05, 4.69) is 23.3 Å². The SMILES string of the molecule is CCc1ccc2nc(NC(=O)Cc3ccc(OC)c(F)c3)sc2c1. The van der Waals surface area contributed by atoms with Gasteiger partial charge in [0.1, 0.15) is 0 Å². The van der Waals surface area contributed by atoms with Gasteiger partial charge in [-0.3, -0.25) is 4.79 Å². The van der Waals surface area contributed by atoms with Crippen LogP contribution in [0.1, 0.15) is 18.1 Å². The van der Waals surface area contributed by atoms with Gasteiger partial charge in [0.05, 0.1) is 23.7 Å². The van der Waals surface area contributed by atoms with Gasteiger partial charge in [0.25, 0.3) is 0 Å². The van der Waals surface area contributed by atoms with Gasteiger partial charge in [0, 0.05) is 0 Å². The first-order valence-electron chi connectivity index (χ1n) is 7.60. The number of methoxy groups -OCH3 is 1. The third kappa shape index (κ3) is 3.54. The van der Waals surface area contributed by atoms with Crippen molar-refractivity contribution in [3.05, 3.63) is 53.3 Å². The minimum atomic E-state index is -0.477. The van der Waals surface area contributed by atoms with Crippen LogP contribution in [0.25, 0.3) is 10.2 Å². The molecular weight excluding hydrogens is 327 g/mol. The number of aryl methyl sites for hydroxylation is 1. The van der Waals surface area contributed by atoms with Crippen LogP contribution in [0.3, 0.4) is 0 Å². The van der Waals surface area contributed by atoms with Crippen LogP contribution >= 0.6 is 11.3 Å². The molecule has 1 aromatic heterocycles. The summed E-state index contributed by atoms with van der Waals surface area (Å²) in [6, 6.07) is 10.6. The Morgan fingerprint density at radius 2 is 2.04 bits per heavy atom. The summed E-state index contributed by atoms with van der Waals surface area (Å²) in [5.41, 5.74) is 2.68. The number of benzene rings is 2. The van der Waals surface area contributed by atoms with Gasteiger partial charge in [-0.25, -0.2) is 9.37 Å². The summed E-state index contributed by atoms with van der Waals surface area (Å²) in [4.78, 5) is 16.6. The van der Waals surface area contributed by atoms with Crippen LogP contribution in [0.15, 0.2) is 36.4 Å².